The summed E-state index contributed by atoms with van der Waals surface area (Å²) in [6.45, 7) is 3.13. The molecule has 6 nitrogen and oxygen atoms in total. The van der Waals surface area contributed by atoms with E-state index in [1.54, 1.807) is 18.2 Å². The minimum atomic E-state index is -0.971. The minimum absolute atomic E-state index is 0.0889. The van der Waals surface area contributed by atoms with Crippen molar-refractivity contribution in [3.05, 3.63) is 102 Å². The molecule has 0 N–H and O–H groups in total. The highest BCUT2D eigenvalue weighted by Crippen LogP contribution is 2.45. The van der Waals surface area contributed by atoms with E-state index in [9.17, 15) is 4.79 Å². The predicted octanol–water partition coefficient (Wildman–Crippen LogP) is 5.17. The number of hydrogen-bond donors (Lipinski definition) is 0. The molecule has 0 saturated heterocycles. The number of ether oxygens (including phenoxy) is 5. The second-order valence-corrected chi connectivity index (χ2v) is 8.15. The number of carbonyl (C=O) groups is 1. The fraction of sp³-hybridized carbons (Fsp3) is 0.222. The molecule has 1 unspecified atom stereocenters. The van der Waals surface area contributed by atoms with Crippen LogP contribution in [0.25, 0.3) is 0 Å². The SMILES string of the molecule is CC1(CCOCc2ccccc2)OC(=O)C2=C1Oc1cc(OCc3ccccc3)ccc1O2. The van der Waals surface area contributed by atoms with Crippen molar-refractivity contribution in [2.45, 2.75) is 32.2 Å². The summed E-state index contributed by atoms with van der Waals surface area (Å²) in [5, 5.41) is 0. The first-order valence-corrected chi connectivity index (χ1v) is 10.9. The zero-order valence-corrected chi connectivity index (χ0v) is 18.3. The fourth-order valence-electron chi connectivity index (χ4n) is 3.77. The molecular weight excluding hydrogens is 420 g/mol. The Balaban J connectivity index is 1.25. The summed E-state index contributed by atoms with van der Waals surface area (Å²) in [6.07, 6.45) is 0.438. The van der Waals surface area contributed by atoms with Crippen molar-refractivity contribution < 1.29 is 28.5 Å². The maximum absolute atomic E-state index is 12.5. The Morgan fingerprint density at radius 1 is 0.818 bits per heavy atom. The summed E-state index contributed by atoms with van der Waals surface area (Å²) in [5.41, 5.74) is 1.18. The number of esters is 1. The Morgan fingerprint density at radius 2 is 1.52 bits per heavy atom. The van der Waals surface area contributed by atoms with Gasteiger partial charge in [-0.15, -0.1) is 0 Å². The highest BCUT2D eigenvalue weighted by molar-refractivity contribution is 5.91. The van der Waals surface area contributed by atoms with Gasteiger partial charge in [-0.25, -0.2) is 4.79 Å². The molecule has 0 bridgehead atoms. The quantitative estimate of drug-likeness (QED) is 0.353. The van der Waals surface area contributed by atoms with Crippen molar-refractivity contribution >= 4 is 5.97 Å². The van der Waals surface area contributed by atoms with Crippen molar-refractivity contribution in [1.82, 2.24) is 0 Å². The summed E-state index contributed by atoms with van der Waals surface area (Å²) in [6, 6.07) is 25.1. The zero-order chi connectivity index (χ0) is 22.7. The van der Waals surface area contributed by atoms with E-state index >= 15 is 0 Å². The van der Waals surface area contributed by atoms with Gasteiger partial charge in [-0.3, -0.25) is 0 Å². The highest BCUT2D eigenvalue weighted by Gasteiger charge is 2.50. The monoisotopic (exact) mass is 444 g/mol. The Morgan fingerprint density at radius 3 is 2.24 bits per heavy atom. The Bertz CT molecular complexity index is 1170. The van der Waals surface area contributed by atoms with E-state index in [4.69, 9.17) is 23.7 Å². The van der Waals surface area contributed by atoms with Gasteiger partial charge in [0, 0.05) is 12.5 Å². The van der Waals surface area contributed by atoms with Crippen LogP contribution in [0.1, 0.15) is 24.5 Å². The van der Waals surface area contributed by atoms with Gasteiger partial charge in [0.15, 0.2) is 22.9 Å². The second-order valence-electron chi connectivity index (χ2n) is 8.15. The summed E-state index contributed by atoms with van der Waals surface area (Å²) in [4.78, 5) is 12.5. The van der Waals surface area contributed by atoms with Gasteiger partial charge in [0.05, 0.1) is 13.2 Å². The van der Waals surface area contributed by atoms with E-state index in [1.807, 2.05) is 67.6 Å². The van der Waals surface area contributed by atoms with E-state index in [-0.39, 0.29) is 5.76 Å². The van der Waals surface area contributed by atoms with Crippen molar-refractivity contribution in [2.24, 2.45) is 0 Å². The van der Waals surface area contributed by atoms with E-state index < -0.39 is 11.6 Å². The first-order chi connectivity index (χ1) is 16.1. The first kappa shape index (κ1) is 21.1. The summed E-state index contributed by atoms with van der Waals surface area (Å²) >= 11 is 0. The lowest BCUT2D eigenvalue weighted by atomic mass is 10.00. The second kappa shape index (κ2) is 9.00. The first-order valence-electron chi connectivity index (χ1n) is 10.9. The number of rotatable bonds is 8. The average Bonchev–Trinajstić information content (AvgIpc) is 3.09. The molecule has 168 valence electrons. The molecule has 5 rings (SSSR count). The third kappa shape index (κ3) is 4.56. The molecular formula is C27H24O6. The molecule has 0 aliphatic carbocycles. The van der Waals surface area contributed by atoms with Gasteiger partial charge >= 0.3 is 5.97 Å². The van der Waals surface area contributed by atoms with Crippen LogP contribution in [-0.4, -0.2) is 18.2 Å². The molecule has 0 saturated carbocycles. The number of benzene rings is 3. The third-order valence-corrected chi connectivity index (χ3v) is 5.61. The molecule has 3 aromatic rings. The van der Waals surface area contributed by atoms with E-state index in [0.717, 1.165) is 11.1 Å². The maximum atomic E-state index is 12.5. The Hall–Kier alpha value is -3.77. The van der Waals surface area contributed by atoms with E-state index in [1.165, 1.54) is 0 Å². The standard InChI is InChI=1S/C27H24O6/c1-27(14-15-29-17-19-8-4-2-5-9-19)25-24(26(28)33-27)31-22-13-12-21(16-23(22)32-25)30-18-20-10-6-3-7-11-20/h2-13,16H,14-15,17-18H2,1H3. The molecule has 6 heteroatoms. The molecule has 0 spiro atoms. The number of cyclic esters (lactones) is 1. The van der Waals surface area contributed by atoms with Crippen LogP contribution in [0.4, 0.5) is 0 Å². The summed E-state index contributed by atoms with van der Waals surface area (Å²) in [7, 11) is 0. The molecule has 2 aliphatic rings. The van der Waals surface area contributed by atoms with Crippen LogP contribution in [0.5, 0.6) is 17.2 Å². The molecule has 3 aromatic carbocycles. The van der Waals surface area contributed by atoms with Crippen LogP contribution >= 0.6 is 0 Å². The number of fused-ring (bicyclic) bond motifs is 1. The van der Waals surface area contributed by atoms with E-state index in [2.05, 4.69) is 0 Å². The molecule has 0 fully saturated rings. The topological polar surface area (TPSA) is 63.2 Å². The smallest absolute Gasteiger partial charge is 0.379 e. The average molecular weight is 444 g/mol. The van der Waals surface area contributed by atoms with Crippen LogP contribution in [-0.2, 0) is 27.5 Å². The van der Waals surface area contributed by atoms with Crippen LogP contribution in [0.15, 0.2) is 90.4 Å². The summed E-state index contributed by atoms with van der Waals surface area (Å²) < 4.78 is 29.3. The molecule has 2 heterocycles. The molecule has 0 aromatic heterocycles. The van der Waals surface area contributed by atoms with Crippen LogP contribution < -0.4 is 14.2 Å². The van der Waals surface area contributed by atoms with Gasteiger partial charge in [0.2, 0.25) is 0 Å². The third-order valence-electron chi connectivity index (χ3n) is 5.61. The van der Waals surface area contributed by atoms with Crippen molar-refractivity contribution in [1.29, 1.82) is 0 Å². The zero-order valence-electron chi connectivity index (χ0n) is 18.3. The minimum Gasteiger partial charge on any atom is -0.489 e. The Labute approximate surface area is 192 Å². The van der Waals surface area contributed by atoms with Gasteiger partial charge in [0.25, 0.3) is 5.76 Å². The number of carbonyl (C=O) groups excluding carboxylic acids is 1. The predicted molar refractivity (Wildman–Crippen MR) is 121 cm³/mol. The van der Waals surface area contributed by atoms with Crippen LogP contribution in [0, 0.1) is 0 Å². The Kier molecular flexibility index (Phi) is 5.75. The van der Waals surface area contributed by atoms with Gasteiger partial charge in [-0.2, -0.15) is 0 Å². The molecule has 1 atom stereocenters. The van der Waals surface area contributed by atoms with Gasteiger partial charge in [0.1, 0.15) is 12.4 Å². The highest BCUT2D eigenvalue weighted by atomic mass is 16.6. The maximum Gasteiger partial charge on any atom is 0.379 e. The van der Waals surface area contributed by atoms with Gasteiger partial charge in [-0.05, 0) is 30.2 Å². The lowest BCUT2D eigenvalue weighted by molar-refractivity contribution is -0.149. The van der Waals surface area contributed by atoms with Crippen molar-refractivity contribution in [3.8, 4) is 17.2 Å². The lowest BCUT2D eigenvalue weighted by Crippen LogP contribution is -2.32. The van der Waals surface area contributed by atoms with Crippen molar-refractivity contribution in [3.63, 3.8) is 0 Å². The largest absolute Gasteiger partial charge is 0.489 e. The van der Waals surface area contributed by atoms with E-state index in [0.29, 0.717) is 49.2 Å². The van der Waals surface area contributed by atoms with Gasteiger partial charge in [-0.1, -0.05) is 60.7 Å². The van der Waals surface area contributed by atoms with Crippen LogP contribution in [0.3, 0.4) is 0 Å². The summed E-state index contributed by atoms with van der Waals surface area (Å²) in [5.74, 6) is 1.49. The van der Waals surface area contributed by atoms with Crippen LogP contribution in [0.2, 0.25) is 0 Å². The molecule has 2 aliphatic heterocycles. The molecule has 33 heavy (non-hydrogen) atoms. The molecule has 0 amide bonds. The van der Waals surface area contributed by atoms with Gasteiger partial charge < -0.3 is 23.7 Å². The normalized spacial score (nSPS) is 18.6. The lowest BCUT2D eigenvalue weighted by Gasteiger charge is -2.27. The fourth-order valence-corrected chi connectivity index (χ4v) is 3.77. The number of hydrogen-bond acceptors (Lipinski definition) is 6. The molecule has 0 radical (unpaired) electrons. The van der Waals surface area contributed by atoms with Crippen molar-refractivity contribution in [2.75, 3.05) is 6.61 Å².